The number of nitrogens with one attached hydrogen (secondary N) is 1. The summed E-state index contributed by atoms with van der Waals surface area (Å²) in [5, 5.41) is 3.01. The largest absolute Gasteiger partial charge is 0.327 e. The van der Waals surface area contributed by atoms with Crippen molar-refractivity contribution in [3.8, 4) is 5.69 Å². The number of hydrogen-bond donors (Lipinski definition) is 1. The molecule has 1 aliphatic heterocycles. The lowest BCUT2D eigenvalue weighted by Crippen LogP contribution is -2.45. The monoisotopic (exact) mass is 475 g/mol. The first-order valence-electron chi connectivity index (χ1n) is 12.0. The maximum atomic E-state index is 13.9. The molecule has 3 heterocycles. The van der Waals surface area contributed by atoms with E-state index in [-0.39, 0.29) is 28.8 Å². The second-order valence-electron chi connectivity index (χ2n) is 9.52. The van der Waals surface area contributed by atoms with Crippen molar-refractivity contribution in [3.63, 3.8) is 0 Å². The van der Waals surface area contributed by atoms with Gasteiger partial charge in [0.25, 0.3) is 17.2 Å². The topological polar surface area (TPSA) is 79.1 Å². The van der Waals surface area contributed by atoms with Crippen molar-refractivity contribution in [2.75, 3.05) is 0 Å². The Balaban J connectivity index is 1.72. The number of aryl methyl sites for hydroxylation is 3. The zero-order chi connectivity index (χ0) is 24.9. The molecule has 1 aromatic carbocycles. The van der Waals surface area contributed by atoms with Crippen LogP contribution in [0.3, 0.4) is 0 Å². The minimum atomic E-state index is -0.460. The van der Waals surface area contributed by atoms with Gasteiger partial charge in [-0.1, -0.05) is 19.3 Å². The molecule has 8 heteroatoms. The van der Waals surface area contributed by atoms with Crippen LogP contribution in [0, 0.1) is 26.6 Å². The maximum Gasteiger partial charge on any atom is 0.327 e. The Bertz CT molecular complexity index is 1410. The van der Waals surface area contributed by atoms with Crippen molar-refractivity contribution in [3.05, 3.63) is 81.3 Å². The van der Waals surface area contributed by atoms with Crippen LogP contribution in [0.2, 0.25) is 0 Å². The van der Waals surface area contributed by atoms with E-state index >= 15 is 0 Å². The van der Waals surface area contributed by atoms with Crippen LogP contribution in [0.25, 0.3) is 17.0 Å². The molecule has 180 valence electrons. The summed E-state index contributed by atoms with van der Waals surface area (Å²) in [6.07, 6.45) is 8.15. The fourth-order valence-electron chi connectivity index (χ4n) is 5.32. The average molecular weight is 476 g/mol. The summed E-state index contributed by atoms with van der Waals surface area (Å²) in [6.45, 7) is 5.55. The fraction of sp³-hybridized carbons (Fsp3) is 0.333. The molecule has 0 saturated heterocycles. The van der Waals surface area contributed by atoms with E-state index < -0.39 is 17.3 Å². The van der Waals surface area contributed by atoms with Crippen LogP contribution < -0.4 is 10.1 Å². The highest BCUT2D eigenvalue weighted by molar-refractivity contribution is 6.44. The fourth-order valence-corrected chi connectivity index (χ4v) is 5.32. The third-order valence-corrected chi connectivity index (χ3v) is 6.84. The highest BCUT2D eigenvalue weighted by Gasteiger charge is 2.49. The van der Waals surface area contributed by atoms with Gasteiger partial charge in [-0.2, -0.15) is 4.57 Å². The Morgan fingerprint density at radius 3 is 2.17 bits per heavy atom. The van der Waals surface area contributed by atoms with Crippen LogP contribution in [-0.4, -0.2) is 32.5 Å². The van der Waals surface area contributed by atoms with E-state index in [1.807, 2.05) is 19.9 Å². The molecule has 1 aliphatic carbocycles. The highest BCUT2D eigenvalue weighted by atomic mass is 19.1. The summed E-state index contributed by atoms with van der Waals surface area (Å²) in [4.78, 5) is 42.7. The summed E-state index contributed by atoms with van der Waals surface area (Å²) in [6, 6.07) is 7.31. The van der Waals surface area contributed by atoms with Gasteiger partial charge in [-0.25, -0.2) is 9.07 Å². The third kappa shape index (κ3) is 3.92. The molecule has 1 fully saturated rings. The number of benzene rings is 1. The number of H-pyrrole nitrogens is 1. The number of hydrogen-bond acceptors (Lipinski definition) is 3. The molecule has 3 aromatic rings. The van der Waals surface area contributed by atoms with Crippen molar-refractivity contribution in [1.29, 1.82) is 0 Å². The first kappa shape index (κ1) is 23.0. The number of pyridine rings is 1. The van der Waals surface area contributed by atoms with Crippen LogP contribution in [0.1, 0.15) is 54.5 Å². The number of nitrogens with zero attached hydrogens (tertiary/aromatic N) is 3. The van der Waals surface area contributed by atoms with Crippen molar-refractivity contribution >= 4 is 23.1 Å². The van der Waals surface area contributed by atoms with E-state index in [2.05, 4.69) is 5.10 Å². The van der Waals surface area contributed by atoms with Crippen LogP contribution in [0.4, 0.5) is 4.39 Å². The first-order chi connectivity index (χ1) is 16.8. The summed E-state index contributed by atoms with van der Waals surface area (Å²) in [5.41, 5.74) is 2.76. The van der Waals surface area contributed by atoms with Crippen molar-refractivity contribution in [2.24, 2.45) is 0 Å². The van der Waals surface area contributed by atoms with E-state index in [0.29, 0.717) is 11.4 Å². The number of aromatic amines is 1. The minimum absolute atomic E-state index is 0.107. The Labute approximate surface area is 202 Å². The van der Waals surface area contributed by atoms with Crippen molar-refractivity contribution in [2.45, 2.75) is 58.9 Å². The summed E-state index contributed by atoms with van der Waals surface area (Å²) < 4.78 is 16.4. The molecular formula is C27H28FN4O3+. The Kier molecular flexibility index (Phi) is 5.75. The summed E-state index contributed by atoms with van der Waals surface area (Å²) >= 11 is 0. The molecule has 1 N–H and O–H groups in total. The number of imide groups is 1. The molecule has 2 amide bonds. The van der Waals surface area contributed by atoms with Gasteiger partial charge in [0.05, 0.1) is 11.3 Å². The second kappa shape index (κ2) is 8.76. The summed E-state index contributed by atoms with van der Waals surface area (Å²) in [5.74, 6) is -1.23. The Morgan fingerprint density at radius 1 is 0.914 bits per heavy atom. The normalized spacial score (nSPS) is 17.1. The quantitative estimate of drug-likeness (QED) is 0.463. The predicted molar refractivity (Wildman–Crippen MR) is 129 cm³/mol. The second-order valence-corrected chi connectivity index (χ2v) is 9.52. The Hall–Kier alpha value is -3.81. The average Bonchev–Trinajstić information content (AvgIpc) is 3.25. The molecule has 0 radical (unpaired) electrons. The highest BCUT2D eigenvalue weighted by Crippen LogP contribution is 2.34. The first-order valence-corrected chi connectivity index (χ1v) is 12.0. The molecule has 5 rings (SSSR count). The lowest BCUT2D eigenvalue weighted by molar-refractivity contribution is -0.577. The van der Waals surface area contributed by atoms with Gasteiger partial charge < -0.3 is 0 Å². The van der Waals surface area contributed by atoms with E-state index in [0.717, 1.165) is 43.2 Å². The smallest absolute Gasteiger partial charge is 0.295 e. The number of rotatable bonds is 4. The van der Waals surface area contributed by atoms with E-state index in [1.54, 1.807) is 23.9 Å². The van der Waals surface area contributed by atoms with Gasteiger partial charge in [-0.3, -0.25) is 24.4 Å². The lowest BCUT2D eigenvalue weighted by atomic mass is 9.94. The van der Waals surface area contributed by atoms with Gasteiger partial charge in [0.2, 0.25) is 0 Å². The zero-order valence-corrected chi connectivity index (χ0v) is 20.1. The number of amides is 2. The van der Waals surface area contributed by atoms with Crippen molar-refractivity contribution < 1.29 is 18.5 Å². The number of carbonyl (C=O) groups excluding carboxylic acids is 2. The molecule has 1 saturated carbocycles. The van der Waals surface area contributed by atoms with Crippen LogP contribution >= 0.6 is 0 Å². The predicted octanol–water partition coefficient (Wildman–Crippen LogP) is 3.59. The SMILES string of the molecule is Cc1cc(C)c[n+](C2=C(c3c(C)[nH]n(-c4ccc(F)cc4)c3=O)C(=O)N(C3CCCCC3)C2=O)c1. The molecule has 35 heavy (non-hydrogen) atoms. The standard InChI is InChI=1S/C27H27FN4O3/c1-16-13-17(2)15-30(14-16)24-23(25(33)31(27(24)35)20-7-5-4-6-8-20)22-18(3)29-32(26(22)34)21-11-9-19(28)10-12-21/h9-15,20H,4-8H2,1-3H3/p+1. The van der Waals surface area contributed by atoms with Gasteiger partial charge in [-0.05, 0) is 63.9 Å². The van der Waals surface area contributed by atoms with Crippen LogP contribution in [-0.2, 0) is 9.59 Å². The Morgan fingerprint density at radius 2 is 1.54 bits per heavy atom. The van der Waals surface area contributed by atoms with E-state index in [1.165, 1.54) is 33.8 Å². The van der Waals surface area contributed by atoms with Gasteiger partial charge in [0.15, 0.2) is 12.4 Å². The molecular weight excluding hydrogens is 447 g/mol. The van der Waals surface area contributed by atoms with Gasteiger partial charge in [0, 0.05) is 22.9 Å². The minimum Gasteiger partial charge on any atom is -0.295 e. The molecule has 0 spiro atoms. The van der Waals surface area contributed by atoms with E-state index in [9.17, 15) is 18.8 Å². The van der Waals surface area contributed by atoms with Gasteiger partial charge >= 0.3 is 5.91 Å². The van der Waals surface area contributed by atoms with Crippen molar-refractivity contribution in [1.82, 2.24) is 14.7 Å². The lowest BCUT2D eigenvalue weighted by Gasteiger charge is -2.29. The molecule has 2 aromatic heterocycles. The zero-order valence-electron chi connectivity index (χ0n) is 20.1. The molecule has 2 aliphatic rings. The third-order valence-electron chi connectivity index (χ3n) is 6.84. The number of carbonyl (C=O) groups is 2. The number of aromatic nitrogens is 3. The van der Waals surface area contributed by atoms with Crippen LogP contribution in [0.5, 0.6) is 0 Å². The molecule has 0 bridgehead atoms. The molecule has 0 unspecified atom stereocenters. The summed E-state index contributed by atoms with van der Waals surface area (Å²) in [7, 11) is 0. The number of halogens is 1. The van der Waals surface area contributed by atoms with Crippen LogP contribution in [0.15, 0.2) is 47.5 Å². The van der Waals surface area contributed by atoms with E-state index in [4.69, 9.17) is 0 Å². The maximum absolute atomic E-state index is 13.9. The van der Waals surface area contributed by atoms with Gasteiger partial charge in [0.1, 0.15) is 11.4 Å². The molecule has 7 nitrogen and oxygen atoms in total. The molecule has 0 atom stereocenters. The van der Waals surface area contributed by atoms with Gasteiger partial charge in [-0.15, -0.1) is 0 Å².